The molecule has 1 aliphatic carbocycles. The molecule has 1 saturated heterocycles. The van der Waals surface area contributed by atoms with Crippen LogP contribution in [0.4, 0.5) is 5.69 Å². The van der Waals surface area contributed by atoms with E-state index < -0.39 is 0 Å². The van der Waals surface area contributed by atoms with Crippen molar-refractivity contribution in [3.63, 3.8) is 0 Å². The van der Waals surface area contributed by atoms with E-state index in [2.05, 4.69) is 0 Å². The number of nitrogens with two attached hydrogens (primary N) is 1. The van der Waals surface area contributed by atoms with Crippen molar-refractivity contribution in [3.8, 4) is 0 Å². The monoisotopic (exact) mass is 343 g/mol. The molecule has 0 aromatic heterocycles. The van der Waals surface area contributed by atoms with Gasteiger partial charge in [0.15, 0.2) is 0 Å². The third-order valence-electron chi connectivity index (χ3n) is 5.56. The van der Waals surface area contributed by atoms with Crippen LogP contribution in [0.25, 0.3) is 0 Å². The van der Waals surface area contributed by atoms with Gasteiger partial charge >= 0.3 is 0 Å². The topological polar surface area (TPSA) is 66.6 Å². The predicted octanol–water partition coefficient (Wildman–Crippen LogP) is 2.45. The van der Waals surface area contributed by atoms with Gasteiger partial charge in [-0.05, 0) is 30.0 Å². The summed E-state index contributed by atoms with van der Waals surface area (Å²) in [7, 11) is 0. The molecule has 2 fully saturated rings. The lowest BCUT2D eigenvalue weighted by Crippen LogP contribution is -2.51. The minimum Gasteiger partial charge on any atom is -0.399 e. The molecule has 0 radical (unpaired) electrons. The first-order chi connectivity index (χ1) is 12.1. The number of carbonyl (C=O) groups is 2. The quantitative estimate of drug-likeness (QED) is 0.835. The molecule has 5 heteroatoms. The van der Waals surface area contributed by atoms with Crippen molar-refractivity contribution in [2.24, 2.45) is 5.92 Å². The number of nitrogens with zero attached hydrogens (tertiary/aromatic N) is 2. The minimum atomic E-state index is 0.128. The van der Waals surface area contributed by atoms with Crippen LogP contribution < -0.4 is 5.73 Å². The fraction of sp³-hybridized carbons (Fsp3) is 0.600. The number of nitrogen functional groups attached to an aromatic ring is 1. The molecule has 1 saturated carbocycles. The highest BCUT2D eigenvalue weighted by molar-refractivity contribution is 5.80. The first-order valence-corrected chi connectivity index (χ1v) is 9.52. The molecule has 0 spiro atoms. The SMILES string of the molecule is Nc1ccc(CC(=O)N2CCN(C(=O)CCC3CCCC3)CC2)cc1. The van der Waals surface area contributed by atoms with Crippen molar-refractivity contribution < 1.29 is 9.59 Å². The molecule has 2 aliphatic rings. The molecule has 1 heterocycles. The van der Waals surface area contributed by atoms with E-state index in [-0.39, 0.29) is 11.8 Å². The number of rotatable bonds is 5. The van der Waals surface area contributed by atoms with E-state index in [0.717, 1.165) is 17.9 Å². The molecule has 2 N–H and O–H groups in total. The highest BCUT2D eigenvalue weighted by Gasteiger charge is 2.25. The summed E-state index contributed by atoms with van der Waals surface area (Å²) in [6, 6.07) is 7.44. The van der Waals surface area contributed by atoms with Gasteiger partial charge in [0.1, 0.15) is 0 Å². The van der Waals surface area contributed by atoms with Crippen LogP contribution >= 0.6 is 0 Å². The summed E-state index contributed by atoms with van der Waals surface area (Å²) in [5.41, 5.74) is 7.37. The zero-order valence-electron chi connectivity index (χ0n) is 15.0. The van der Waals surface area contributed by atoms with Gasteiger partial charge < -0.3 is 15.5 Å². The largest absolute Gasteiger partial charge is 0.399 e. The van der Waals surface area contributed by atoms with Gasteiger partial charge in [-0.1, -0.05) is 37.8 Å². The van der Waals surface area contributed by atoms with Crippen LogP contribution in [0, 0.1) is 5.92 Å². The molecule has 1 aliphatic heterocycles. The first-order valence-electron chi connectivity index (χ1n) is 9.52. The Kier molecular flexibility index (Phi) is 5.95. The number of piperazine rings is 1. The summed E-state index contributed by atoms with van der Waals surface area (Å²) in [4.78, 5) is 28.6. The highest BCUT2D eigenvalue weighted by atomic mass is 16.2. The van der Waals surface area contributed by atoms with Gasteiger partial charge in [-0.15, -0.1) is 0 Å². The van der Waals surface area contributed by atoms with E-state index in [9.17, 15) is 9.59 Å². The molecule has 2 amide bonds. The maximum absolute atomic E-state index is 12.4. The normalized spacial score (nSPS) is 18.6. The Morgan fingerprint density at radius 2 is 1.48 bits per heavy atom. The summed E-state index contributed by atoms with van der Waals surface area (Å²) in [6.07, 6.45) is 7.35. The zero-order chi connectivity index (χ0) is 17.6. The van der Waals surface area contributed by atoms with Crippen LogP contribution in [-0.4, -0.2) is 47.8 Å². The fourth-order valence-electron chi connectivity index (χ4n) is 3.91. The molecule has 5 nitrogen and oxygen atoms in total. The lowest BCUT2D eigenvalue weighted by molar-refractivity contribution is -0.139. The highest BCUT2D eigenvalue weighted by Crippen LogP contribution is 2.28. The van der Waals surface area contributed by atoms with Crippen LogP contribution in [0.5, 0.6) is 0 Å². The van der Waals surface area contributed by atoms with Crippen LogP contribution in [0.2, 0.25) is 0 Å². The lowest BCUT2D eigenvalue weighted by atomic mass is 10.0. The molecule has 136 valence electrons. The van der Waals surface area contributed by atoms with Crippen molar-refractivity contribution in [1.29, 1.82) is 0 Å². The van der Waals surface area contributed by atoms with Crippen molar-refractivity contribution in [3.05, 3.63) is 29.8 Å². The van der Waals surface area contributed by atoms with E-state index in [1.54, 1.807) is 0 Å². The Morgan fingerprint density at radius 1 is 0.920 bits per heavy atom. The van der Waals surface area contributed by atoms with E-state index in [1.165, 1.54) is 25.7 Å². The number of hydrogen-bond acceptors (Lipinski definition) is 3. The van der Waals surface area contributed by atoms with Crippen LogP contribution in [-0.2, 0) is 16.0 Å². The van der Waals surface area contributed by atoms with Gasteiger partial charge in [-0.2, -0.15) is 0 Å². The Balaban J connectivity index is 1.40. The van der Waals surface area contributed by atoms with Crippen molar-refractivity contribution in [2.45, 2.75) is 44.9 Å². The molecular formula is C20H29N3O2. The number of anilines is 1. The van der Waals surface area contributed by atoms with E-state index in [1.807, 2.05) is 34.1 Å². The van der Waals surface area contributed by atoms with Crippen molar-refractivity contribution in [1.82, 2.24) is 9.80 Å². The van der Waals surface area contributed by atoms with Crippen LogP contribution in [0.3, 0.4) is 0 Å². The van der Waals surface area contributed by atoms with Gasteiger partial charge in [0, 0.05) is 38.3 Å². The predicted molar refractivity (Wildman–Crippen MR) is 98.9 cm³/mol. The summed E-state index contributed by atoms with van der Waals surface area (Å²) in [6.45, 7) is 2.61. The van der Waals surface area contributed by atoms with Crippen LogP contribution in [0.1, 0.15) is 44.1 Å². The molecule has 0 atom stereocenters. The molecular weight excluding hydrogens is 314 g/mol. The third-order valence-corrected chi connectivity index (χ3v) is 5.56. The molecule has 0 bridgehead atoms. The summed E-state index contributed by atoms with van der Waals surface area (Å²) < 4.78 is 0. The van der Waals surface area contributed by atoms with Crippen molar-refractivity contribution >= 4 is 17.5 Å². The Bertz CT molecular complexity index is 585. The summed E-state index contributed by atoms with van der Waals surface area (Å²) in [5.74, 6) is 1.15. The molecule has 1 aromatic rings. The second-order valence-electron chi connectivity index (χ2n) is 7.37. The molecule has 1 aromatic carbocycles. The zero-order valence-corrected chi connectivity index (χ0v) is 15.0. The number of benzene rings is 1. The molecule has 0 unspecified atom stereocenters. The fourth-order valence-corrected chi connectivity index (χ4v) is 3.91. The lowest BCUT2D eigenvalue weighted by Gasteiger charge is -2.35. The number of hydrogen-bond donors (Lipinski definition) is 1. The average molecular weight is 343 g/mol. The van der Waals surface area contributed by atoms with Gasteiger partial charge in [0.25, 0.3) is 0 Å². The summed E-state index contributed by atoms with van der Waals surface area (Å²) in [5, 5.41) is 0. The minimum absolute atomic E-state index is 0.128. The maximum Gasteiger partial charge on any atom is 0.227 e. The third kappa shape index (κ3) is 4.97. The Hall–Kier alpha value is -2.04. The van der Waals surface area contributed by atoms with Gasteiger partial charge in [0.2, 0.25) is 11.8 Å². The second-order valence-corrected chi connectivity index (χ2v) is 7.37. The number of amides is 2. The summed E-state index contributed by atoms with van der Waals surface area (Å²) >= 11 is 0. The van der Waals surface area contributed by atoms with Crippen molar-refractivity contribution in [2.75, 3.05) is 31.9 Å². The van der Waals surface area contributed by atoms with Gasteiger partial charge in [0.05, 0.1) is 6.42 Å². The molecule has 3 rings (SSSR count). The van der Waals surface area contributed by atoms with Gasteiger partial charge in [-0.25, -0.2) is 0 Å². The first kappa shape index (κ1) is 17.8. The average Bonchev–Trinajstić information content (AvgIpc) is 3.15. The van der Waals surface area contributed by atoms with E-state index >= 15 is 0 Å². The Morgan fingerprint density at radius 3 is 2.08 bits per heavy atom. The maximum atomic E-state index is 12.4. The number of carbonyl (C=O) groups excluding carboxylic acids is 2. The standard InChI is InChI=1S/C20H29N3O2/c21-18-8-5-17(6-9-18)15-20(25)23-13-11-22(12-14-23)19(24)10-7-16-3-1-2-4-16/h5-6,8-9,16H,1-4,7,10-15,21H2. The second kappa shape index (κ2) is 8.37. The Labute approximate surface area is 150 Å². The van der Waals surface area contributed by atoms with Gasteiger partial charge in [-0.3, -0.25) is 9.59 Å². The van der Waals surface area contributed by atoms with E-state index in [0.29, 0.717) is 44.7 Å². The van der Waals surface area contributed by atoms with E-state index in [4.69, 9.17) is 5.73 Å². The smallest absolute Gasteiger partial charge is 0.227 e. The van der Waals surface area contributed by atoms with Crippen LogP contribution in [0.15, 0.2) is 24.3 Å². The molecule has 25 heavy (non-hydrogen) atoms.